The Morgan fingerprint density at radius 2 is 2.14 bits per heavy atom. The predicted molar refractivity (Wildman–Crippen MR) is 83.9 cm³/mol. The molecule has 2 heterocycles. The van der Waals surface area contributed by atoms with Crippen molar-refractivity contribution < 1.29 is 4.42 Å². The molecule has 0 fully saturated rings. The average Bonchev–Trinajstić information content (AvgIpc) is 3.02. The molecule has 0 aliphatic rings. The van der Waals surface area contributed by atoms with Gasteiger partial charge < -0.3 is 8.98 Å². The molecule has 5 heteroatoms. The number of hydrogen-bond donors (Lipinski definition) is 0. The van der Waals surface area contributed by atoms with Gasteiger partial charge >= 0.3 is 0 Å². The van der Waals surface area contributed by atoms with Gasteiger partial charge in [0, 0.05) is 12.3 Å². The number of oxazole rings is 1. The Hall–Kier alpha value is -1.81. The minimum Gasteiger partial charge on any atom is -0.444 e. The maximum absolute atomic E-state index is 5.93. The van der Waals surface area contributed by atoms with E-state index in [2.05, 4.69) is 35.5 Å². The zero-order chi connectivity index (χ0) is 15.0. The average molecular weight is 304 g/mol. The van der Waals surface area contributed by atoms with Crippen molar-refractivity contribution in [1.82, 2.24) is 14.5 Å². The maximum atomic E-state index is 5.93. The van der Waals surface area contributed by atoms with Gasteiger partial charge in [0.15, 0.2) is 0 Å². The van der Waals surface area contributed by atoms with E-state index in [9.17, 15) is 0 Å². The first-order chi connectivity index (χ1) is 10.1. The predicted octanol–water partition coefficient (Wildman–Crippen LogP) is 4.03. The number of imidazole rings is 1. The van der Waals surface area contributed by atoms with E-state index in [0.29, 0.717) is 11.8 Å². The van der Waals surface area contributed by atoms with Crippen molar-refractivity contribution in [2.75, 3.05) is 5.88 Å². The van der Waals surface area contributed by atoms with Crippen molar-refractivity contribution >= 4 is 22.6 Å². The Labute approximate surface area is 128 Å². The zero-order valence-corrected chi connectivity index (χ0v) is 13.2. The first kappa shape index (κ1) is 14.1. The van der Waals surface area contributed by atoms with E-state index in [-0.39, 0.29) is 6.04 Å². The molecule has 0 saturated carbocycles. The lowest BCUT2D eigenvalue weighted by Gasteiger charge is -2.14. The van der Waals surface area contributed by atoms with E-state index in [1.165, 1.54) is 5.56 Å². The summed E-state index contributed by atoms with van der Waals surface area (Å²) in [5, 5.41) is 0. The summed E-state index contributed by atoms with van der Waals surface area (Å²) >= 11 is 5.93. The second-order valence-corrected chi connectivity index (χ2v) is 5.69. The van der Waals surface area contributed by atoms with E-state index < -0.39 is 0 Å². The van der Waals surface area contributed by atoms with E-state index in [1.807, 2.05) is 13.0 Å². The van der Waals surface area contributed by atoms with Gasteiger partial charge in [-0.3, -0.25) is 0 Å². The topological polar surface area (TPSA) is 43.9 Å². The second kappa shape index (κ2) is 5.53. The number of alkyl halides is 1. The van der Waals surface area contributed by atoms with Crippen LogP contribution in [0.3, 0.4) is 0 Å². The van der Waals surface area contributed by atoms with Crippen LogP contribution < -0.4 is 0 Å². The van der Waals surface area contributed by atoms with Gasteiger partial charge in [-0.2, -0.15) is 0 Å². The van der Waals surface area contributed by atoms with Gasteiger partial charge in [0.1, 0.15) is 17.6 Å². The van der Waals surface area contributed by atoms with Crippen LogP contribution in [-0.4, -0.2) is 20.4 Å². The monoisotopic (exact) mass is 303 g/mol. The molecule has 1 aromatic carbocycles. The Kier molecular flexibility index (Phi) is 3.72. The van der Waals surface area contributed by atoms with Crippen molar-refractivity contribution in [3.05, 3.63) is 47.4 Å². The standard InChI is InChI=1S/C16H18ClN3O/c1-10-4-5-13-14(8-10)20(15(19-13)6-7-17)12(3)16-18-9-11(2)21-16/h4-5,8-9,12H,6-7H2,1-3H3. The lowest BCUT2D eigenvalue weighted by molar-refractivity contribution is 0.414. The van der Waals surface area contributed by atoms with Crippen molar-refractivity contribution in [3.63, 3.8) is 0 Å². The molecule has 1 atom stereocenters. The minimum atomic E-state index is -0.0104. The van der Waals surface area contributed by atoms with Gasteiger partial charge in [0.2, 0.25) is 5.89 Å². The fraction of sp³-hybridized carbons (Fsp3) is 0.375. The molecule has 3 rings (SSSR count). The third-order valence-electron chi connectivity index (χ3n) is 3.62. The summed E-state index contributed by atoms with van der Waals surface area (Å²) in [6.45, 7) is 6.06. The molecule has 4 nitrogen and oxygen atoms in total. The van der Waals surface area contributed by atoms with Crippen LogP contribution in [0.5, 0.6) is 0 Å². The quantitative estimate of drug-likeness (QED) is 0.683. The molecule has 21 heavy (non-hydrogen) atoms. The number of fused-ring (bicyclic) bond motifs is 1. The van der Waals surface area contributed by atoms with Crippen LogP contribution in [0.2, 0.25) is 0 Å². The molecule has 2 aromatic heterocycles. The normalized spacial score (nSPS) is 13.0. The van der Waals surface area contributed by atoms with Crippen LogP contribution in [-0.2, 0) is 6.42 Å². The molecule has 0 aliphatic carbocycles. The van der Waals surface area contributed by atoms with Gasteiger partial charge in [-0.1, -0.05) is 6.07 Å². The van der Waals surface area contributed by atoms with Crippen LogP contribution in [0.4, 0.5) is 0 Å². The highest BCUT2D eigenvalue weighted by Gasteiger charge is 2.20. The molecule has 0 N–H and O–H groups in total. The molecule has 0 aliphatic heterocycles. The van der Waals surface area contributed by atoms with Crippen LogP contribution in [0, 0.1) is 13.8 Å². The number of aromatic nitrogens is 3. The molecule has 0 bridgehead atoms. The number of benzene rings is 1. The Morgan fingerprint density at radius 3 is 2.81 bits per heavy atom. The molecule has 1 unspecified atom stereocenters. The summed E-state index contributed by atoms with van der Waals surface area (Å²) in [5.74, 6) is 3.02. The van der Waals surface area contributed by atoms with E-state index in [1.54, 1.807) is 6.20 Å². The highest BCUT2D eigenvalue weighted by atomic mass is 35.5. The lowest BCUT2D eigenvalue weighted by atomic mass is 10.2. The van der Waals surface area contributed by atoms with Crippen molar-refractivity contribution in [2.45, 2.75) is 33.2 Å². The number of hydrogen-bond acceptors (Lipinski definition) is 3. The van der Waals surface area contributed by atoms with E-state index >= 15 is 0 Å². The van der Waals surface area contributed by atoms with Crippen molar-refractivity contribution in [3.8, 4) is 0 Å². The zero-order valence-electron chi connectivity index (χ0n) is 12.4. The van der Waals surface area contributed by atoms with Crippen LogP contribution in [0.25, 0.3) is 11.0 Å². The largest absolute Gasteiger partial charge is 0.444 e. The third-order valence-corrected chi connectivity index (χ3v) is 3.81. The Balaban J connectivity index is 2.18. The van der Waals surface area contributed by atoms with Gasteiger partial charge in [0.25, 0.3) is 0 Å². The number of nitrogens with zero attached hydrogens (tertiary/aromatic N) is 3. The summed E-state index contributed by atoms with van der Waals surface area (Å²) in [4.78, 5) is 9.06. The highest BCUT2D eigenvalue weighted by molar-refractivity contribution is 6.17. The third kappa shape index (κ3) is 2.56. The van der Waals surface area contributed by atoms with Gasteiger partial charge in [0.05, 0.1) is 17.2 Å². The molecule has 0 amide bonds. The van der Waals surface area contributed by atoms with E-state index in [4.69, 9.17) is 21.0 Å². The van der Waals surface area contributed by atoms with Crippen molar-refractivity contribution in [2.24, 2.45) is 0 Å². The first-order valence-corrected chi connectivity index (χ1v) is 7.59. The highest BCUT2D eigenvalue weighted by Crippen LogP contribution is 2.27. The first-order valence-electron chi connectivity index (χ1n) is 7.06. The minimum absolute atomic E-state index is 0.0104. The van der Waals surface area contributed by atoms with Crippen LogP contribution in [0.1, 0.15) is 36.0 Å². The number of aryl methyl sites for hydroxylation is 3. The molecular weight excluding hydrogens is 286 g/mol. The van der Waals surface area contributed by atoms with Gasteiger partial charge in [-0.05, 0) is 38.5 Å². The molecule has 3 aromatic rings. The summed E-state index contributed by atoms with van der Waals surface area (Å²) < 4.78 is 7.87. The Morgan fingerprint density at radius 1 is 1.33 bits per heavy atom. The molecular formula is C16H18ClN3O. The lowest BCUT2D eigenvalue weighted by Crippen LogP contribution is -2.11. The maximum Gasteiger partial charge on any atom is 0.217 e. The second-order valence-electron chi connectivity index (χ2n) is 5.31. The molecule has 0 radical (unpaired) electrons. The molecule has 0 saturated heterocycles. The van der Waals surface area contributed by atoms with Gasteiger partial charge in [-0.25, -0.2) is 9.97 Å². The van der Waals surface area contributed by atoms with Crippen LogP contribution in [0.15, 0.2) is 28.8 Å². The summed E-state index contributed by atoms with van der Waals surface area (Å²) in [7, 11) is 0. The van der Waals surface area contributed by atoms with Gasteiger partial charge in [-0.15, -0.1) is 11.6 Å². The SMILES string of the molecule is Cc1ccc2nc(CCCl)n(C(C)c3ncc(C)o3)c2c1. The fourth-order valence-corrected chi connectivity index (χ4v) is 2.79. The summed E-state index contributed by atoms with van der Waals surface area (Å²) in [6.07, 6.45) is 2.47. The molecule has 110 valence electrons. The summed E-state index contributed by atoms with van der Waals surface area (Å²) in [6, 6.07) is 6.26. The Bertz CT molecular complexity index is 775. The number of halogens is 1. The molecule has 0 spiro atoms. The van der Waals surface area contributed by atoms with E-state index in [0.717, 1.165) is 29.0 Å². The summed E-state index contributed by atoms with van der Waals surface area (Å²) in [5.41, 5.74) is 3.28. The number of rotatable bonds is 4. The fourth-order valence-electron chi connectivity index (χ4n) is 2.62. The smallest absolute Gasteiger partial charge is 0.217 e. The van der Waals surface area contributed by atoms with Crippen molar-refractivity contribution in [1.29, 1.82) is 0 Å². The van der Waals surface area contributed by atoms with Crippen LogP contribution >= 0.6 is 11.6 Å².